The van der Waals surface area contributed by atoms with Crippen LogP contribution in [0, 0.1) is 0 Å². The number of aromatic carboxylic acids is 1. The van der Waals surface area contributed by atoms with E-state index in [9.17, 15) is 4.79 Å². The Balaban J connectivity index is 2.87. The molecule has 1 aromatic rings. The Bertz CT molecular complexity index is 295. The van der Waals surface area contributed by atoms with Gasteiger partial charge in [-0.3, -0.25) is 4.98 Å². The van der Waals surface area contributed by atoms with Crippen molar-refractivity contribution in [3.8, 4) is 0 Å². The van der Waals surface area contributed by atoms with Crippen LogP contribution in [-0.4, -0.2) is 23.1 Å². The number of hydrogen-bond donors (Lipinski definition) is 2. The first-order valence-corrected chi connectivity index (χ1v) is 4.01. The molecule has 0 saturated carbocycles. The molecular formula is C9H12N2O2. The van der Waals surface area contributed by atoms with Crippen LogP contribution in [0.5, 0.6) is 0 Å². The minimum atomic E-state index is -0.948. The predicted octanol–water partition coefficient (Wildman–Crippen LogP) is 1.06. The van der Waals surface area contributed by atoms with Crippen molar-refractivity contribution in [2.24, 2.45) is 0 Å². The Hall–Kier alpha value is -1.42. The van der Waals surface area contributed by atoms with Crippen LogP contribution < -0.4 is 5.32 Å². The molecule has 0 saturated heterocycles. The quantitative estimate of drug-likeness (QED) is 0.730. The van der Waals surface area contributed by atoms with Crippen molar-refractivity contribution >= 4 is 5.97 Å². The van der Waals surface area contributed by atoms with E-state index in [1.807, 2.05) is 14.0 Å². The minimum Gasteiger partial charge on any atom is -0.478 e. The van der Waals surface area contributed by atoms with Crippen LogP contribution in [0.3, 0.4) is 0 Å². The largest absolute Gasteiger partial charge is 0.478 e. The van der Waals surface area contributed by atoms with Crippen molar-refractivity contribution in [1.82, 2.24) is 10.3 Å². The first-order chi connectivity index (χ1) is 6.15. The maximum atomic E-state index is 10.5. The summed E-state index contributed by atoms with van der Waals surface area (Å²) in [5, 5.41) is 11.6. The van der Waals surface area contributed by atoms with Gasteiger partial charge in [-0.25, -0.2) is 4.79 Å². The SMILES string of the molecule is CN[C@@H](C)c1ccc(C(=O)O)cn1. The lowest BCUT2D eigenvalue weighted by Crippen LogP contribution is -2.14. The Kier molecular flexibility index (Phi) is 2.97. The van der Waals surface area contributed by atoms with E-state index in [0.717, 1.165) is 5.69 Å². The van der Waals surface area contributed by atoms with Crippen LogP contribution in [0.4, 0.5) is 0 Å². The Morgan fingerprint density at radius 1 is 1.62 bits per heavy atom. The lowest BCUT2D eigenvalue weighted by atomic mass is 10.2. The average molecular weight is 180 g/mol. The van der Waals surface area contributed by atoms with Gasteiger partial charge < -0.3 is 10.4 Å². The van der Waals surface area contributed by atoms with Crippen LogP contribution in [0.25, 0.3) is 0 Å². The van der Waals surface area contributed by atoms with E-state index in [1.54, 1.807) is 12.1 Å². The molecule has 2 N–H and O–H groups in total. The molecule has 4 heteroatoms. The first kappa shape index (κ1) is 9.67. The lowest BCUT2D eigenvalue weighted by Gasteiger charge is -2.08. The van der Waals surface area contributed by atoms with E-state index in [0.29, 0.717) is 0 Å². The molecule has 0 aliphatic heterocycles. The fraction of sp³-hybridized carbons (Fsp3) is 0.333. The second-order valence-corrected chi connectivity index (χ2v) is 2.79. The van der Waals surface area contributed by atoms with Gasteiger partial charge in [0.1, 0.15) is 0 Å². The van der Waals surface area contributed by atoms with Gasteiger partial charge in [-0.05, 0) is 26.1 Å². The summed E-state index contributed by atoms with van der Waals surface area (Å²) in [6.45, 7) is 1.96. The average Bonchev–Trinajstić information content (AvgIpc) is 2.17. The first-order valence-electron chi connectivity index (χ1n) is 4.01. The number of rotatable bonds is 3. The maximum Gasteiger partial charge on any atom is 0.337 e. The molecule has 0 unspecified atom stereocenters. The Labute approximate surface area is 76.6 Å². The summed E-state index contributed by atoms with van der Waals surface area (Å²) in [6.07, 6.45) is 1.37. The van der Waals surface area contributed by atoms with Crippen molar-refractivity contribution in [2.45, 2.75) is 13.0 Å². The molecule has 4 nitrogen and oxygen atoms in total. The van der Waals surface area contributed by atoms with E-state index in [4.69, 9.17) is 5.11 Å². The number of aromatic nitrogens is 1. The minimum absolute atomic E-state index is 0.142. The van der Waals surface area contributed by atoms with Crippen LogP contribution >= 0.6 is 0 Å². The van der Waals surface area contributed by atoms with Gasteiger partial charge >= 0.3 is 5.97 Å². The Morgan fingerprint density at radius 3 is 2.69 bits per heavy atom. The summed E-state index contributed by atoms with van der Waals surface area (Å²) in [4.78, 5) is 14.5. The highest BCUT2D eigenvalue weighted by molar-refractivity contribution is 5.87. The molecule has 0 aromatic carbocycles. The van der Waals surface area contributed by atoms with Crippen LogP contribution in [-0.2, 0) is 0 Å². The Morgan fingerprint density at radius 2 is 2.31 bits per heavy atom. The van der Waals surface area contributed by atoms with Gasteiger partial charge in [0.25, 0.3) is 0 Å². The molecule has 70 valence electrons. The van der Waals surface area contributed by atoms with E-state index in [-0.39, 0.29) is 11.6 Å². The summed E-state index contributed by atoms with van der Waals surface area (Å²) in [5.41, 5.74) is 1.06. The third kappa shape index (κ3) is 2.26. The zero-order chi connectivity index (χ0) is 9.84. The normalized spacial score (nSPS) is 12.5. The zero-order valence-corrected chi connectivity index (χ0v) is 7.61. The van der Waals surface area contributed by atoms with Gasteiger partial charge in [-0.15, -0.1) is 0 Å². The van der Waals surface area contributed by atoms with E-state index >= 15 is 0 Å². The monoisotopic (exact) mass is 180 g/mol. The van der Waals surface area contributed by atoms with E-state index in [2.05, 4.69) is 10.3 Å². The highest BCUT2D eigenvalue weighted by atomic mass is 16.4. The zero-order valence-electron chi connectivity index (χ0n) is 7.61. The molecule has 1 atom stereocenters. The van der Waals surface area contributed by atoms with Crippen LogP contribution in [0.2, 0.25) is 0 Å². The number of pyridine rings is 1. The highest BCUT2D eigenvalue weighted by Gasteiger charge is 2.06. The molecule has 13 heavy (non-hydrogen) atoms. The number of hydrogen-bond acceptors (Lipinski definition) is 3. The summed E-state index contributed by atoms with van der Waals surface area (Å²) in [6, 6.07) is 3.41. The molecule has 1 heterocycles. The molecule has 1 rings (SSSR count). The van der Waals surface area contributed by atoms with E-state index < -0.39 is 5.97 Å². The number of nitrogens with one attached hydrogen (secondary N) is 1. The molecule has 0 aliphatic rings. The van der Waals surface area contributed by atoms with Crippen molar-refractivity contribution in [3.05, 3.63) is 29.6 Å². The molecule has 1 aromatic heterocycles. The van der Waals surface area contributed by atoms with E-state index in [1.165, 1.54) is 6.20 Å². The number of nitrogens with zero attached hydrogens (tertiary/aromatic N) is 1. The number of carbonyl (C=O) groups is 1. The van der Waals surface area contributed by atoms with Gasteiger partial charge in [0.2, 0.25) is 0 Å². The highest BCUT2D eigenvalue weighted by Crippen LogP contribution is 2.08. The van der Waals surface area contributed by atoms with Crippen LogP contribution in [0.15, 0.2) is 18.3 Å². The van der Waals surface area contributed by atoms with Gasteiger partial charge in [0, 0.05) is 12.2 Å². The number of carboxylic acid groups (broad SMARTS) is 1. The topological polar surface area (TPSA) is 62.2 Å². The van der Waals surface area contributed by atoms with Gasteiger partial charge in [0.15, 0.2) is 0 Å². The summed E-state index contributed by atoms with van der Waals surface area (Å²) < 4.78 is 0. The van der Waals surface area contributed by atoms with Gasteiger partial charge in [0.05, 0.1) is 11.3 Å². The third-order valence-electron chi connectivity index (χ3n) is 1.91. The van der Waals surface area contributed by atoms with Crippen LogP contribution in [0.1, 0.15) is 29.0 Å². The second kappa shape index (κ2) is 4.00. The molecule has 0 aliphatic carbocycles. The maximum absolute atomic E-state index is 10.5. The molecule has 0 bridgehead atoms. The summed E-state index contributed by atoms with van der Waals surface area (Å²) in [7, 11) is 1.83. The molecular weight excluding hydrogens is 168 g/mol. The van der Waals surface area contributed by atoms with Gasteiger partial charge in [-0.2, -0.15) is 0 Å². The molecule has 0 spiro atoms. The number of carboxylic acids is 1. The standard InChI is InChI=1S/C9H12N2O2/c1-6(10-2)8-4-3-7(5-11-8)9(12)13/h3-6,10H,1-2H3,(H,12,13)/t6-/m0/s1. The van der Waals surface area contributed by atoms with Gasteiger partial charge in [-0.1, -0.05) is 0 Å². The smallest absolute Gasteiger partial charge is 0.337 e. The fourth-order valence-electron chi connectivity index (χ4n) is 0.936. The molecule has 0 fully saturated rings. The lowest BCUT2D eigenvalue weighted by molar-refractivity contribution is 0.0696. The third-order valence-corrected chi connectivity index (χ3v) is 1.91. The van der Waals surface area contributed by atoms with Crippen molar-refractivity contribution in [2.75, 3.05) is 7.05 Å². The molecule has 0 radical (unpaired) electrons. The van der Waals surface area contributed by atoms with Crippen molar-refractivity contribution in [3.63, 3.8) is 0 Å². The van der Waals surface area contributed by atoms with Crippen molar-refractivity contribution in [1.29, 1.82) is 0 Å². The second-order valence-electron chi connectivity index (χ2n) is 2.79. The van der Waals surface area contributed by atoms with Crippen molar-refractivity contribution < 1.29 is 9.90 Å². The summed E-state index contributed by atoms with van der Waals surface area (Å²) >= 11 is 0. The molecule has 0 amide bonds. The summed E-state index contributed by atoms with van der Waals surface area (Å²) in [5.74, 6) is -0.948. The fourth-order valence-corrected chi connectivity index (χ4v) is 0.936. The predicted molar refractivity (Wildman–Crippen MR) is 48.7 cm³/mol.